The Morgan fingerprint density at radius 2 is 2.09 bits per heavy atom. The summed E-state index contributed by atoms with van der Waals surface area (Å²) in [6.07, 6.45) is 2.26. The van der Waals surface area contributed by atoms with E-state index in [-0.39, 0.29) is 0 Å². The molecule has 0 aliphatic carbocycles. The lowest BCUT2D eigenvalue weighted by atomic mass is 10.3. The van der Waals surface area contributed by atoms with Gasteiger partial charge in [-0.05, 0) is 24.8 Å². The second-order valence-electron chi connectivity index (χ2n) is 2.76. The summed E-state index contributed by atoms with van der Waals surface area (Å²) in [5, 5.41) is 1.82. The topological polar surface area (TPSA) is 12.5 Å². The van der Waals surface area contributed by atoms with Crippen molar-refractivity contribution in [1.29, 1.82) is 0 Å². The minimum absolute atomic E-state index is 0.900. The zero-order valence-electron chi connectivity index (χ0n) is 6.79. The fourth-order valence-electron chi connectivity index (χ4n) is 1.22. The van der Waals surface area contributed by atoms with Crippen molar-refractivity contribution in [2.75, 3.05) is 32.8 Å². The Labute approximate surface area is 73.5 Å². The lowest BCUT2D eigenvalue weighted by Gasteiger charge is -2.26. The van der Waals surface area contributed by atoms with Crippen LogP contribution in [0.5, 0.6) is 0 Å². The first-order valence-corrected chi connectivity index (χ1v) is 4.64. The fourth-order valence-corrected chi connectivity index (χ4v) is 1.39. The van der Waals surface area contributed by atoms with E-state index in [0.29, 0.717) is 0 Å². The molecule has 1 heterocycles. The molecule has 0 radical (unpaired) electrons. The summed E-state index contributed by atoms with van der Waals surface area (Å²) < 4.78 is 5.24. The SMILES string of the molecule is S=CCCCN1CCOCC1. The van der Waals surface area contributed by atoms with Crippen LogP contribution in [-0.2, 0) is 4.74 Å². The number of rotatable bonds is 4. The highest BCUT2D eigenvalue weighted by Crippen LogP contribution is 1.98. The Kier molecular flexibility index (Phi) is 4.66. The van der Waals surface area contributed by atoms with Crippen LogP contribution in [0.25, 0.3) is 0 Å². The summed E-state index contributed by atoms with van der Waals surface area (Å²) in [6.45, 7) is 5.17. The first-order chi connectivity index (χ1) is 5.43. The molecule has 1 aliphatic rings. The van der Waals surface area contributed by atoms with Gasteiger partial charge in [-0.1, -0.05) is 12.2 Å². The van der Waals surface area contributed by atoms with Gasteiger partial charge in [0.1, 0.15) is 0 Å². The van der Waals surface area contributed by atoms with Crippen molar-refractivity contribution in [3.05, 3.63) is 0 Å². The molecule has 0 amide bonds. The Morgan fingerprint density at radius 3 is 2.73 bits per heavy atom. The van der Waals surface area contributed by atoms with Gasteiger partial charge in [0.05, 0.1) is 13.2 Å². The van der Waals surface area contributed by atoms with E-state index in [1.165, 1.54) is 13.0 Å². The van der Waals surface area contributed by atoms with Gasteiger partial charge in [0.2, 0.25) is 0 Å². The molecule has 1 aliphatic heterocycles. The van der Waals surface area contributed by atoms with Crippen molar-refractivity contribution < 1.29 is 4.74 Å². The average molecular weight is 173 g/mol. The number of hydrogen-bond donors (Lipinski definition) is 0. The molecule has 1 saturated heterocycles. The summed E-state index contributed by atoms with van der Waals surface area (Å²) >= 11 is 4.75. The van der Waals surface area contributed by atoms with Crippen molar-refractivity contribution in [2.24, 2.45) is 0 Å². The monoisotopic (exact) mass is 173 g/mol. The summed E-state index contributed by atoms with van der Waals surface area (Å²) in [5.41, 5.74) is 0. The number of nitrogens with zero attached hydrogens (tertiary/aromatic N) is 1. The molecule has 0 spiro atoms. The molecule has 1 fully saturated rings. The highest BCUT2D eigenvalue weighted by Gasteiger charge is 2.08. The van der Waals surface area contributed by atoms with Gasteiger partial charge < -0.3 is 4.74 Å². The smallest absolute Gasteiger partial charge is 0.0594 e. The van der Waals surface area contributed by atoms with E-state index in [1.807, 2.05) is 5.37 Å². The normalized spacial score (nSPS) is 20.0. The quantitative estimate of drug-likeness (QED) is 0.466. The highest BCUT2D eigenvalue weighted by molar-refractivity contribution is 7.78. The van der Waals surface area contributed by atoms with E-state index in [1.54, 1.807) is 0 Å². The second-order valence-corrected chi connectivity index (χ2v) is 3.10. The standard InChI is InChI=1S/C8H15NOS/c11-8-2-1-3-9-4-6-10-7-5-9/h8H,1-7H2. The molecule has 0 bridgehead atoms. The molecule has 0 unspecified atom stereocenters. The molecule has 3 heteroatoms. The van der Waals surface area contributed by atoms with Crippen molar-refractivity contribution in [3.8, 4) is 0 Å². The molecule has 1 rings (SSSR count). The van der Waals surface area contributed by atoms with Crippen molar-refractivity contribution >= 4 is 17.6 Å². The molecule has 0 aromatic heterocycles. The van der Waals surface area contributed by atoms with E-state index in [2.05, 4.69) is 4.90 Å². The zero-order valence-corrected chi connectivity index (χ0v) is 7.61. The van der Waals surface area contributed by atoms with Crippen LogP contribution < -0.4 is 0 Å². The maximum atomic E-state index is 5.24. The van der Waals surface area contributed by atoms with Gasteiger partial charge in [-0.3, -0.25) is 4.90 Å². The van der Waals surface area contributed by atoms with Gasteiger partial charge in [0.25, 0.3) is 0 Å². The summed E-state index contributed by atoms with van der Waals surface area (Å²) in [6, 6.07) is 0. The number of hydrogen-bond acceptors (Lipinski definition) is 3. The predicted octanol–water partition coefficient (Wildman–Crippen LogP) is 1.10. The van der Waals surface area contributed by atoms with E-state index in [0.717, 1.165) is 32.7 Å². The summed E-state index contributed by atoms with van der Waals surface area (Å²) in [4.78, 5) is 2.43. The minimum atomic E-state index is 0.900. The third-order valence-corrected chi connectivity index (χ3v) is 2.14. The maximum Gasteiger partial charge on any atom is 0.0594 e. The van der Waals surface area contributed by atoms with Gasteiger partial charge in [-0.15, -0.1) is 0 Å². The van der Waals surface area contributed by atoms with Crippen molar-refractivity contribution in [3.63, 3.8) is 0 Å². The van der Waals surface area contributed by atoms with Crippen LogP contribution in [-0.4, -0.2) is 43.1 Å². The Morgan fingerprint density at radius 1 is 1.36 bits per heavy atom. The van der Waals surface area contributed by atoms with Gasteiger partial charge in [-0.25, -0.2) is 0 Å². The summed E-state index contributed by atoms with van der Waals surface area (Å²) in [7, 11) is 0. The highest BCUT2D eigenvalue weighted by atomic mass is 32.1. The third kappa shape index (κ3) is 3.79. The lowest BCUT2D eigenvalue weighted by Crippen LogP contribution is -2.36. The van der Waals surface area contributed by atoms with Crippen molar-refractivity contribution in [2.45, 2.75) is 12.8 Å². The van der Waals surface area contributed by atoms with Gasteiger partial charge >= 0.3 is 0 Å². The van der Waals surface area contributed by atoms with Gasteiger partial charge in [-0.2, -0.15) is 0 Å². The minimum Gasteiger partial charge on any atom is -0.379 e. The first kappa shape index (κ1) is 9.10. The molecule has 0 N–H and O–H groups in total. The van der Waals surface area contributed by atoms with Crippen LogP contribution >= 0.6 is 12.2 Å². The van der Waals surface area contributed by atoms with E-state index in [4.69, 9.17) is 17.0 Å². The predicted molar refractivity (Wildman–Crippen MR) is 50.1 cm³/mol. The van der Waals surface area contributed by atoms with Crippen LogP contribution in [0.3, 0.4) is 0 Å². The molecule has 2 nitrogen and oxygen atoms in total. The van der Waals surface area contributed by atoms with E-state index in [9.17, 15) is 0 Å². The Balaban J connectivity index is 2.00. The number of morpholine rings is 1. The lowest BCUT2D eigenvalue weighted by molar-refractivity contribution is 0.0377. The number of unbranched alkanes of at least 4 members (excludes halogenated alkanes) is 1. The molecule has 0 atom stereocenters. The van der Waals surface area contributed by atoms with E-state index < -0.39 is 0 Å². The maximum absolute atomic E-state index is 5.24. The third-order valence-electron chi connectivity index (χ3n) is 1.90. The van der Waals surface area contributed by atoms with Crippen LogP contribution in [0.4, 0.5) is 0 Å². The van der Waals surface area contributed by atoms with Gasteiger partial charge in [0.15, 0.2) is 0 Å². The number of ether oxygens (including phenoxy) is 1. The second kappa shape index (κ2) is 5.63. The molecular formula is C8H15NOS. The number of thiocarbonyl (C=S) groups is 1. The van der Waals surface area contributed by atoms with Gasteiger partial charge in [0, 0.05) is 13.1 Å². The first-order valence-electron chi connectivity index (χ1n) is 4.17. The molecule has 64 valence electrons. The Bertz CT molecular complexity index is 113. The largest absolute Gasteiger partial charge is 0.379 e. The molecular weight excluding hydrogens is 158 g/mol. The molecule has 0 aromatic rings. The fraction of sp³-hybridized carbons (Fsp3) is 0.875. The summed E-state index contributed by atoms with van der Waals surface area (Å²) in [5.74, 6) is 0. The van der Waals surface area contributed by atoms with E-state index >= 15 is 0 Å². The van der Waals surface area contributed by atoms with Crippen molar-refractivity contribution in [1.82, 2.24) is 4.90 Å². The zero-order chi connectivity index (χ0) is 7.94. The van der Waals surface area contributed by atoms with Crippen LogP contribution in [0.2, 0.25) is 0 Å². The van der Waals surface area contributed by atoms with Crippen LogP contribution in [0, 0.1) is 0 Å². The Hall–Kier alpha value is 0.0100. The molecule has 0 saturated carbocycles. The average Bonchev–Trinajstić information content (AvgIpc) is 2.07. The molecule has 0 aromatic carbocycles. The van der Waals surface area contributed by atoms with Crippen LogP contribution in [0.15, 0.2) is 0 Å². The molecule has 11 heavy (non-hydrogen) atoms. The van der Waals surface area contributed by atoms with Crippen LogP contribution in [0.1, 0.15) is 12.8 Å².